The Morgan fingerprint density at radius 2 is 2.30 bits per heavy atom. The van der Waals surface area contributed by atoms with Crippen LogP contribution in [0.4, 0.5) is 0 Å². The molecule has 0 bridgehead atoms. The molecule has 1 fully saturated rings. The molecule has 2 atom stereocenters. The standard InChI is InChI=1S/C8H17NO/c1-2-9-6-7-3-4-8(10)5-7/h7-10H,2-6H2,1H3/t7-,8-/m0/s1. The van der Waals surface area contributed by atoms with Crippen LogP contribution in [-0.4, -0.2) is 24.3 Å². The number of aliphatic hydroxyl groups excluding tert-OH is 1. The van der Waals surface area contributed by atoms with Crippen LogP contribution in [0, 0.1) is 5.92 Å². The van der Waals surface area contributed by atoms with Gasteiger partial charge in [-0.3, -0.25) is 0 Å². The second kappa shape index (κ2) is 3.94. The lowest BCUT2D eigenvalue weighted by Gasteiger charge is -2.08. The van der Waals surface area contributed by atoms with Crippen molar-refractivity contribution in [3.63, 3.8) is 0 Å². The van der Waals surface area contributed by atoms with E-state index in [1.807, 2.05) is 0 Å². The monoisotopic (exact) mass is 143 g/mol. The molecular weight excluding hydrogens is 126 g/mol. The predicted molar refractivity (Wildman–Crippen MR) is 41.9 cm³/mol. The molecule has 60 valence electrons. The van der Waals surface area contributed by atoms with Gasteiger partial charge in [0.2, 0.25) is 0 Å². The maximum atomic E-state index is 9.17. The molecule has 0 aromatic heterocycles. The smallest absolute Gasteiger partial charge is 0.0543 e. The Balaban J connectivity index is 2.06. The van der Waals surface area contributed by atoms with Crippen LogP contribution >= 0.6 is 0 Å². The van der Waals surface area contributed by atoms with E-state index in [-0.39, 0.29) is 6.10 Å². The summed E-state index contributed by atoms with van der Waals surface area (Å²) < 4.78 is 0. The minimum absolute atomic E-state index is 0.0105. The molecular formula is C8H17NO. The molecule has 2 heteroatoms. The van der Waals surface area contributed by atoms with Crippen molar-refractivity contribution in [2.45, 2.75) is 32.3 Å². The van der Waals surface area contributed by atoms with E-state index in [1.165, 1.54) is 6.42 Å². The number of nitrogens with one attached hydrogen (secondary N) is 1. The lowest BCUT2D eigenvalue weighted by Crippen LogP contribution is -2.21. The molecule has 2 N–H and O–H groups in total. The summed E-state index contributed by atoms with van der Waals surface area (Å²) in [7, 11) is 0. The van der Waals surface area contributed by atoms with Crippen LogP contribution in [0.5, 0.6) is 0 Å². The molecule has 0 radical (unpaired) electrons. The summed E-state index contributed by atoms with van der Waals surface area (Å²) in [4.78, 5) is 0. The zero-order valence-corrected chi connectivity index (χ0v) is 6.64. The first-order valence-corrected chi connectivity index (χ1v) is 4.21. The highest BCUT2D eigenvalue weighted by Crippen LogP contribution is 2.24. The zero-order chi connectivity index (χ0) is 7.40. The quantitative estimate of drug-likeness (QED) is 0.611. The molecule has 0 unspecified atom stereocenters. The molecule has 0 aromatic carbocycles. The maximum absolute atomic E-state index is 9.17. The number of rotatable bonds is 3. The van der Waals surface area contributed by atoms with E-state index < -0.39 is 0 Å². The van der Waals surface area contributed by atoms with Crippen molar-refractivity contribution in [1.29, 1.82) is 0 Å². The Labute approximate surface area is 62.6 Å². The molecule has 10 heavy (non-hydrogen) atoms. The largest absolute Gasteiger partial charge is 0.393 e. The highest BCUT2D eigenvalue weighted by atomic mass is 16.3. The van der Waals surface area contributed by atoms with E-state index in [0.29, 0.717) is 0 Å². The molecule has 1 rings (SSSR count). The molecule has 0 saturated heterocycles. The number of hydrogen-bond donors (Lipinski definition) is 2. The second-order valence-electron chi connectivity index (χ2n) is 3.14. The summed E-state index contributed by atoms with van der Waals surface area (Å²) in [5, 5.41) is 12.5. The third-order valence-corrected chi connectivity index (χ3v) is 2.20. The molecule has 0 aromatic rings. The summed E-state index contributed by atoms with van der Waals surface area (Å²) in [6.07, 6.45) is 3.21. The van der Waals surface area contributed by atoms with Gasteiger partial charge in [-0.1, -0.05) is 6.92 Å². The Hall–Kier alpha value is -0.0800. The first kappa shape index (κ1) is 8.02. The molecule has 0 aliphatic heterocycles. The van der Waals surface area contributed by atoms with Gasteiger partial charge in [0.05, 0.1) is 6.10 Å². The SMILES string of the molecule is CCNC[C@H]1CC[C@H](O)C1. The van der Waals surface area contributed by atoms with Gasteiger partial charge in [-0.25, -0.2) is 0 Å². The van der Waals surface area contributed by atoms with E-state index in [9.17, 15) is 5.11 Å². The first-order valence-electron chi connectivity index (χ1n) is 4.21. The highest BCUT2D eigenvalue weighted by Gasteiger charge is 2.21. The minimum Gasteiger partial charge on any atom is -0.393 e. The second-order valence-corrected chi connectivity index (χ2v) is 3.14. The molecule has 0 heterocycles. The average Bonchev–Trinajstić information content (AvgIpc) is 2.31. The van der Waals surface area contributed by atoms with Crippen molar-refractivity contribution < 1.29 is 5.11 Å². The van der Waals surface area contributed by atoms with Crippen LogP contribution in [0.15, 0.2) is 0 Å². The maximum Gasteiger partial charge on any atom is 0.0543 e. The molecule has 2 nitrogen and oxygen atoms in total. The van der Waals surface area contributed by atoms with Crippen LogP contribution < -0.4 is 5.32 Å². The average molecular weight is 143 g/mol. The third-order valence-electron chi connectivity index (χ3n) is 2.20. The van der Waals surface area contributed by atoms with Gasteiger partial charge in [-0.2, -0.15) is 0 Å². The number of aliphatic hydroxyl groups is 1. The Morgan fingerprint density at radius 1 is 1.50 bits per heavy atom. The summed E-state index contributed by atoms with van der Waals surface area (Å²) in [5.41, 5.74) is 0. The molecule has 0 amide bonds. The van der Waals surface area contributed by atoms with E-state index in [4.69, 9.17) is 0 Å². The first-order chi connectivity index (χ1) is 4.83. The van der Waals surface area contributed by atoms with Gasteiger partial charge in [0.15, 0.2) is 0 Å². The normalized spacial score (nSPS) is 33.0. The van der Waals surface area contributed by atoms with Crippen LogP contribution in [-0.2, 0) is 0 Å². The summed E-state index contributed by atoms with van der Waals surface area (Å²) in [5.74, 6) is 0.731. The lowest BCUT2D eigenvalue weighted by atomic mass is 10.1. The molecule has 1 aliphatic carbocycles. The van der Waals surface area contributed by atoms with Crippen LogP contribution in [0.25, 0.3) is 0 Å². The number of hydrogen-bond acceptors (Lipinski definition) is 2. The van der Waals surface area contributed by atoms with Crippen molar-refractivity contribution in [1.82, 2.24) is 5.32 Å². The third kappa shape index (κ3) is 2.27. The van der Waals surface area contributed by atoms with Crippen LogP contribution in [0.2, 0.25) is 0 Å². The van der Waals surface area contributed by atoms with Crippen molar-refractivity contribution in [2.75, 3.05) is 13.1 Å². The molecule has 0 spiro atoms. The summed E-state index contributed by atoms with van der Waals surface area (Å²) >= 11 is 0. The molecule has 1 saturated carbocycles. The topological polar surface area (TPSA) is 32.3 Å². The van der Waals surface area contributed by atoms with Gasteiger partial charge in [0.25, 0.3) is 0 Å². The Morgan fingerprint density at radius 3 is 2.80 bits per heavy atom. The van der Waals surface area contributed by atoms with E-state index >= 15 is 0 Å². The van der Waals surface area contributed by atoms with Gasteiger partial charge in [0, 0.05) is 0 Å². The summed E-state index contributed by atoms with van der Waals surface area (Å²) in [6, 6.07) is 0. The fraction of sp³-hybridized carbons (Fsp3) is 1.00. The summed E-state index contributed by atoms with van der Waals surface area (Å²) in [6.45, 7) is 4.26. The van der Waals surface area contributed by atoms with Crippen molar-refractivity contribution in [2.24, 2.45) is 5.92 Å². The molecule has 1 aliphatic rings. The van der Waals surface area contributed by atoms with Crippen molar-refractivity contribution >= 4 is 0 Å². The van der Waals surface area contributed by atoms with Gasteiger partial charge in [0.1, 0.15) is 0 Å². The van der Waals surface area contributed by atoms with Gasteiger partial charge >= 0.3 is 0 Å². The van der Waals surface area contributed by atoms with Crippen molar-refractivity contribution in [3.05, 3.63) is 0 Å². The minimum atomic E-state index is -0.0105. The predicted octanol–water partition coefficient (Wildman–Crippen LogP) is 0.757. The van der Waals surface area contributed by atoms with Gasteiger partial charge < -0.3 is 10.4 Å². The Kier molecular flexibility index (Phi) is 3.16. The van der Waals surface area contributed by atoms with Gasteiger partial charge in [-0.15, -0.1) is 0 Å². The highest BCUT2D eigenvalue weighted by molar-refractivity contribution is 4.75. The fourth-order valence-electron chi connectivity index (χ4n) is 1.58. The Bertz CT molecular complexity index is 95.3. The lowest BCUT2D eigenvalue weighted by molar-refractivity contribution is 0.177. The van der Waals surface area contributed by atoms with E-state index in [2.05, 4.69) is 12.2 Å². The van der Waals surface area contributed by atoms with Crippen LogP contribution in [0.3, 0.4) is 0 Å². The van der Waals surface area contributed by atoms with E-state index in [0.717, 1.165) is 31.8 Å². The van der Waals surface area contributed by atoms with Gasteiger partial charge in [-0.05, 0) is 38.3 Å². The van der Waals surface area contributed by atoms with Crippen LogP contribution in [0.1, 0.15) is 26.2 Å². The van der Waals surface area contributed by atoms with E-state index in [1.54, 1.807) is 0 Å². The zero-order valence-electron chi connectivity index (χ0n) is 6.64. The van der Waals surface area contributed by atoms with Crippen molar-refractivity contribution in [3.8, 4) is 0 Å². The fourth-order valence-corrected chi connectivity index (χ4v) is 1.58.